The molecule has 1 aliphatic rings. The van der Waals surface area contributed by atoms with Gasteiger partial charge in [0.1, 0.15) is 12.7 Å². The number of nitrogens with zero attached hydrogens (tertiary/aromatic N) is 8. The molecule has 0 unspecified atom stereocenters. The molecule has 8 nitrogen and oxygen atoms in total. The van der Waals surface area contributed by atoms with E-state index in [4.69, 9.17) is 0 Å². The molecule has 0 bridgehead atoms. The first kappa shape index (κ1) is 15.1. The Kier molecular flexibility index (Phi) is 5.10. The van der Waals surface area contributed by atoms with Crippen LogP contribution < -0.4 is 0 Å². The third kappa shape index (κ3) is 3.88. The number of likely N-dealkylation sites (tertiary alicyclic amines) is 1. The molecule has 0 spiro atoms. The highest BCUT2D eigenvalue weighted by atomic mass is 15.5. The van der Waals surface area contributed by atoms with E-state index in [0.717, 1.165) is 51.4 Å². The van der Waals surface area contributed by atoms with Gasteiger partial charge in [-0.05, 0) is 42.2 Å². The van der Waals surface area contributed by atoms with Gasteiger partial charge in [-0.2, -0.15) is 5.10 Å². The van der Waals surface area contributed by atoms with Crippen LogP contribution in [0.25, 0.3) is 0 Å². The maximum Gasteiger partial charge on any atom is 0.165 e. The first-order valence-electron chi connectivity index (χ1n) is 8.15. The van der Waals surface area contributed by atoms with Gasteiger partial charge in [-0.3, -0.25) is 9.58 Å². The predicted octanol–water partition coefficient (Wildman–Crippen LogP) is 0.977. The molecule has 8 heteroatoms. The van der Waals surface area contributed by atoms with E-state index in [0.29, 0.717) is 5.92 Å². The van der Waals surface area contributed by atoms with E-state index in [1.54, 1.807) is 12.7 Å². The summed E-state index contributed by atoms with van der Waals surface area (Å²) in [6, 6.07) is 0. The number of aryl methyl sites for hydroxylation is 1. The van der Waals surface area contributed by atoms with Crippen molar-refractivity contribution in [1.29, 1.82) is 0 Å². The normalized spacial score (nSPS) is 19.6. The zero-order valence-corrected chi connectivity index (χ0v) is 13.2. The zero-order valence-electron chi connectivity index (χ0n) is 13.2. The minimum Gasteiger partial charge on any atom is -0.296 e. The van der Waals surface area contributed by atoms with Crippen molar-refractivity contribution < 1.29 is 0 Å². The second-order valence-corrected chi connectivity index (χ2v) is 6.03. The Morgan fingerprint density at radius 1 is 1.36 bits per heavy atom. The number of hydrogen-bond donors (Lipinski definition) is 0. The molecule has 0 saturated carbocycles. The van der Waals surface area contributed by atoms with Crippen LogP contribution in [0.15, 0.2) is 12.7 Å². The summed E-state index contributed by atoms with van der Waals surface area (Å²) in [7, 11) is 0. The fraction of sp³-hybridized carbons (Fsp3) is 0.786. The highest BCUT2D eigenvalue weighted by Gasteiger charge is 2.22. The lowest BCUT2D eigenvalue weighted by Crippen LogP contribution is -2.37. The number of aromatic nitrogens is 7. The summed E-state index contributed by atoms with van der Waals surface area (Å²) in [5.41, 5.74) is 0. The zero-order chi connectivity index (χ0) is 15.2. The molecule has 1 saturated heterocycles. The van der Waals surface area contributed by atoms with Crippen molar-refractivity contribution in [1.82, 2.24) is 39.9 Å². The van der Waals surface area contributed by atoms with E-state index in [-0.39, 0.29) is 0 Å². The topological polar surface area (TPSA) is 77.5 Å². The molecular weight excluding hydrogens is 280 g/mol. The molecular formula is C14H24N8. The maximum absolute atomic E-state index is 4.21. The molecule has 2 aromatic rings. The SMILES string of the molecule is CCCCn1nnnc1CN1CCC[C@@H](Cn2cncn2)C1. The largest absolute Gasteiger partial charge is 0.296 e. The third-order valence-electron chi connectivity index (χ3n) is 4.21. The molecule has 0 radical (unpaired) electrons. The van der Waals surface area contributed by atoms with Gasteiger partial charge in [0.25, 0.3) is 0 Å². The minimum absolute atomic E-state index is 0.621. The van der Waals surface area contributed by atoms with Crippen LogP contribution in [0.5, 0.6) is 0 Å². The number of tetrazole rings is 1. The molecule has 0 N–H and O–H groups in total. The van der Waals surface area contributed by atoms with Crippen LogP contribution in [0.3, 0.4) is 0 Å². The highest BCUT2D eigenvalue weighted by molar-refractivity contribution is 4.84. The first-order chi connectivity index (χ1) is 10.8. The molecule has 0 amide bonds. The Hall–Kier alpha value is -1.83. The summed E-state index contributed by atoms with van der Waals surface area (Å²) in [5.74, 6) is 1.60. The number of unbranched alkanes of at least 4 members (excludes halogenated alkanes) is 1. The van der Waals surface area contributed by atoms with Gasteiger partial charge in [-0.1, -0.05) is 13.3 Å². The first-order valence-corrected chi connectivity index (χ1v) is 8.15. The average molecular weight is 304 g/mol. The van der Waals surface area contributed by atoms with E-state index in [1.807, 2.05) is 9.36 Å². The van der Waals surface area contributed by atoms with Crippen molar-refractivity contribution in [2.45, 2.75) is 52.2 Å². The van der Waals surface area contributed by atoms with Gasteiger partial charge < -0.3 is 0 Å². The van der Waals surface area contributed by atoms with E-state index in [9.17, 15) is 0 Å². The van der Waals surface area contributed by atoms with Crippen molar-refractivity contribution in [2.75, 3.05) is 13.1 Å². The van der Waals surface area contributed by atoms with Crippen LogP contribution in [0.1, 0.15) is 38.4 Å². The summed E-state index contributed by atoms with van der Waals surface area (Å²) >= 11 is 0. The third-order valence-corrected chi connectivity index (χ3v) is 4.21. The number of hydrogen-bond acceptors (Lipinski definition) is 6. The Morgan fingerprint density at radius 3 is 3.14 bits per heavy atom. The van der Waals surface area contributed by atoms with Gasteiger partial charge in [0.15, 0.2) is 5.82 Å². The van der Waals surface area contributed by atoms with Crippen LogP contribution in [-0.4, -0.2) is 53.0 Å². The Bertz CT molecular complexity index is 549. The standard InChI is InChI=1S/C14H24N8/c1-2-3-7-22-14(17-18-19-22)10-20-6-4-5-13(8-20)9-21-12-15-11-16-21/h11-13H,2-10H2,1H3/t13-/m1/s1. The smallest absolute Gasteiger partial charge is 0.165 e. The average Bonchev–Trinajstić information content (AvgIpc) is 3.18. The van der Waals surface area contributed by atoms with Gasteiger partial charge in [0.2, 0.25) is 0 Å². The Labute approximate surface area is 130 Å². The summed E-state index contributed by atoms with van der Waals surface area (Å²) in [6.07, 6.45) is 8.13. The van der Waals surface area contributed by atoms with Gasteiger partial charge in [0.05, 0.1) is 6.54 Å². The minimum atomic E-state index is 0.621. The van der Waals surface area contributed by atoms with Crippen molar-refractivity contribution in [2.24, 2.45) is 5.92 Å². The lowest BCUT2D eigenvalue weighted by Gasteiger charge is -2.32. The highest BCUT2D eigenvalue weighted by Crippen LogP contribution is 2.19. The van der Waals surface area contributed by atoms with E-state index in [1.165, 1.54) is 12.8 Å². The molecule has 1 fully saturated rings. The molecule has 1 aliphatic heterocycles. The summed E-state index contributed by atoms with van der Waals surface area (Å²) in [4.78, 5) is 6.47. The van der Waals surface area contributed by atoms with Gasteiger partial charge in [-0.15, -0.1) is 5.10 Å². The van der Waals surface area contributed by atoms with Gasteiger partial charge in [-0.25, -0.2) is 9.67 Å². The fourth-order valence-corrected chi connectivity index (χ4v) is 3.05. The molecule has 0 aromatic carbocycles. The molecule has 0 aliphatic carbocycles. The lowest BCUT2D eigenvalue weighted by molar-refractivity contribution is 0.148. The van der Waals surface area contributed by atoms with Crippen LogP contribution in [0.4, 0.5) is 0 Å². The van der Waals surface area contributed by atoms with Crippen molar-refractivity contribution >= 4 is 0 Å². The lowest BCUT2D eigenvalue weighted by atomic mass is 9.98. The fourth-order valence-electron chi connectivity index (χ4n) is 3.05. The molecule has 1 atom stereocenters. The van der Waals surface area contributed by atoms with Crippen molar-refractivity contribution in [3.8, 4) is 0 Å². The molecule has 2 aromatic heterocycles. The van der Waals surface area contributed by atoms with Crippen molar-refractivity contribution in [3.63, 3.8) is 0 Å². The molecule has 3 heterocycles. The Morgan fingerprint density at radius 2 is 2.32 bits per heavy atom. The second kappa shape index (κ2) is 7.44. The molecule has 120 valence electrons. The summed E-state index contributed by atoms with van der Waals surface area (Å²) in [5, 5.41) is 16.3. The predicted molar refractivity (Wildman–Crippen MR) is 80.7 cm³/mol. The Balaban J connectivity index is 1.55. The van der Waals surface area contributed by atoms with Gasteiger partial charge in [0, 0.05) is 19.6 Å². The van der Waals surface area contributed by atoms with Crippen LogP contribution >= 0.6 is 0 Å². The van der Waals surface area contributed by atoms with Crippen LogP contribution in [0.2, 0.25) is 0 Å². The monoisotopic (exact) mass is 304 g/mol. The molecule has 22 heavy (non-hydrogen) atoms. The van der Waals surface area contributed by atoms with Crippen LogP contribution in [0, 0.1) is 5.92 Å². The number of rotatable bonds is 7. The quantitative estimate of drug-likeness (QED) is 0.759. The summed E-state index contributed by atoms with van der Waals surface area (Å²) < 4.78 is 3.88. The van der Waals surface area contributed by atoms with E-state index >= 15 is 0 Å². The van der Waals surface area contributed by atoms with Gasteiger partial charge >= 0.3 is 0 Å². The van der Waals surface area contributed by atoms with E-state index < -0.39 is 0 Å². The van der Waals surface area contributed by atoms with Crippen LogP contribution in [-0.2, 0) is 19.6 Å². The second-order valence-electron chi connectivity index (χ2n) is 6.03. The maximum atomic E-state index is 4.21. The van der Waals surface area contributed by atoms with E-state index in [2.05, 4.69) is 37.4 Å². The molecule has 3 rings (SSSR count). The summed E-state index contributed by atoms with van der Waals surface area (Å²) in [6.45, 7) is 7.06. The number of piperidine rings is 1. The van der Waals surface area contributed by atoms with Crippen molar-refractivity contribution in [3.05, 3.63) is 18.5 Å².